The normalized spacial score (nSPS) is 12.5. The molecule has 0 spiro atoms. The first-order valence-electron chi connectivity index (χ1n) is 8.25. The molecule has 0 unspecified atom stereocenters. The number of ether oxygens (including phenoxy) is 1. The van der Waals surface area contributed by atoms with E-state index in [1.807, 2.05) is 41.1 Å². The lowest BCUT2D eigenvalue weighted by Gasteiger charge is -2.13. The van der Waals surface area contributed by atoms with Crippen LogP contribution in [0.1, 0.15) is 5.56 Å². The maximum atomic E-state index is 10.0. The molecule has 0 radical (unpaired) electrons. The first-order valence-corrected chi connectivity index (χ1v) is 10.1. The van der Waals surface area contributed by atoms with Crippen LogP contribution in [0.3, 0.4) is 0 Å². The van der Waals surface area contributed by atoms with Crippen LogP contribution in [-0.2, 0) is 6.54 Å². The second-order valence-corrected chi connectivity index (χ2v) is 7.59. The smallest absolute Gasteiger partial charge is 0.178 e. The zero-order chi connectivity index (χ0) is 17.8. The third-order valence-corrected chi connectivity index (χ3v) is 5.57. The summed E-state index contributed by atoms with van der Waals surface area (Å²) in [6, 6.07) is 11.7. The average molecular weight is 386 g/mol. The Bertz CT molecular complexity index is 945. The monoisotopic (exact) mass is 386 g/mol. The molecule has 0 bridgehead atoms. The molecule has 3 heterocycles. The minimum Gasteiger partial charge on any atom is -0.491 e. The van der Waals surface area contributed by atoms with E-state index < -0.39 is 6.10 Å². The molecular weight excluding hydrogens is 368 g/mol. The summed E-state index contributed by atoms with van der Waals surface area (Å²) in [5, 5.41) is 23.5. The lowest BCUT2D eigenvalue weighted by atomic mass is 10.1. The fraction of sp³-hybridized carbons (Fsp3) is 0.211. The van der Waals surface area contributed by atoms with E-state index in [4.69, 9.17) is 9.26 Å². The summed E-state index contributed by atoms with van der Waals surface area (Å²) >= 11 is 3.28. The summed E-state index contributed by atoms with van der Waals surface area (Å²) < 4.78 is 12.0. The molecule has 0 saturated heterocycles. The maximum Gasteiger partial charge on any atom is 0.178 e. The van der Waals surface area contributed by atoms with Gasteiger partial charge in [-0.3, -0.25) is 0 Å². The van der Waals surface area contributed by atoms with Crippen molar-refractivity contribution in [1.29, 1.82) is 0 Å². The molecule has 5 nitrogen and oxygen atoms in total. The van der Waals surface area contributed by atoms with Gasteiger partial charge < -0.3 is 19.7 Å². The molecule has 26 heavy (non-hydrogen) atoms. The quantitative estimate of drug-likeness (QED) is 0.476. The summed E-state index contributed by atoms with van der Waals surface area (Å²) in [6.45, 7) is 1.49. The number of aliphatic hydroxyl groups excluding tert-OH is 1. The van der Waals surface area contributed by atoms with Crippen molar-refractivity contribution in [3.05, 3.63) is 58.1 Å². The zero-order valence-electron chi connectivity index (χ0n) is 13.9. The van der Waals surface area contributed by atoms with Gasteiger partial charge in [0.25, 0.3) is 0 Å². The van der Waals surface area contributed by atoms with Crippen molar-refractivity contribution < 1.29 is 14.4 Å². The summed E-state index contributed by atoms with van der Waals surface area (Å²) in [6.07, 6.45) is -0.561. The number of nitrogens with one attached hydrogen (secondary N) is 1. The molecule has 0 aliphatic carbocycles. The maximum absolute atomic E-state index is 10.0. The van der Waals surface area contributed by atoms with Gasteiger partial charge in [0.2, 0.25) is 0 Å². The molecule has 0 aliphatic rings. The Kier molecular flexibility index (Phi) is 5.31. The number of aromatic nitrogens is 1. The second-order valence-electron chi connectivity index (χ2n) is 5.90. The number of rotatable bonds is 8. The van der Waals surface area contributed by atoms with Crippen molar-refractivity contribution >= 4 is 33.0 Å². The number of aliphatic hydroxyl groups is 1. The van der Waals surface area contributed by atoms with Crippen molar-refractivity contribution in [3.63, 3.8) is 0 Å². The molecule has 4 aromatic rings. The van der Waals surface area contributed by atoms with Gasteiger partial charge in [0.05, 0.1) is 0 Å². The van der Waals surface area contributed by atoms with Crippen LogP contribution in [0.5, 0.6) is 5.75 Å². The van der Waals surface area contributed by atoms with Crippen molar-refractivity contribution in [1.82, 2.24) is 10.5 Å². The highest BCUT2D eigenvalue weighted by Crippen LogP contribution is 2.32. The van der Waals surface area contributed by atoms with E-state index in [9.17, 15) is 5.11 Å². The van der Waals surface area contributed by atoms with Crippen LogP contribution in [0.4, 0.5) is 0 Å². The Balaban J connectivity index is 1.28. The number of nitrogens with zero attached hydrogens (tertiary/aromatic N) is 1. The van der Waals surface area contributed by atoms with E-state index >= 15 is 0 Å². The predicted octanol–water partition coefficient (Wildman–Crippen LogP) is 4.15. The first-order chi connectivity index (χ1) is 12.8. The lowest BCUT2D eigenvalue weighted by molar-refractivity contribution is 0.106. The molecule has 7 heteroatoms. The van der Waals surface area contributed by atoms with E-state index in [1.165, 1.54) is 5.56 Å². The molecule has 1 atom stereocenters. The first kappa shape index (κ1) is 17.2. The molecule has 134 valence electrons. The highest BCUT2D eigenvalue weighted by Gasteiger charge is 2.12. The zero-order valence-corrected chi connectivity index (χ0v) is 15.6. The summed E-state index contributed by atoms with van der Waals surface area (Å²) in [4.78, 5) is 0. The Morgan fingerprint density at radius 2 is 2.04 bits per heavy atom. The van der Waals surface area contributed by atoms with Gasteiger partial charge in [0, 0.05) is 18.7 Å². The van der Waals surface area contributed by atoms with E-state index in [1.54, 1.807) is 22.7 Å². The summed E-state index contributed by atoms with van der Waals surface area (Å²) in [5.41, 5.74) is 3.87. The Hall–Kier alpha value is -2.19. The van der Waals surface area contributed by atoms with Crippen LogP contribution in [0.25, 0.3) is 21.5 Å². The Morgan fingerprint density at radius 1 is 1.15 bits per heavy atom. The third-order valence-electron chi connectivity index (χ3n) is 3.94. The second kappa shape index (κ2) is 8.01. The van der Waals surface area contributed by atoms with Gasteiger partial charge in [-0.25, -0.2) is 0 Å². The van der Waals surface area contributed by atoms with Gasteiger partial charge in [-0.2, -0.15) is 11.3 Å². The number of hydrogen-bond donors (Lipinski definition) is 2. The van der Waals surface area contributed by atoms with Crippen LogP contribution in [0, 0.1) is 0 Å². The summed E-state index contributed by atoms with van der Waals surface area (Å²) in [5.74, 6) is 0.719. The van der Waals surface area contributed by atoms with Gasteiger partial charge in [0.15, 0.2) is 5.58 Å². The van der Waals surface area contributed by atoms with Gasteiger partial charge >= 0.3 is 0 Å². The largest absolute Gasteiger partial charge is 0.491 e. The SMILES string of the molecule is O[C@H](CNCc1ccsc1)COc1ccc(-c2noc3ccsc23)cc1. The lowest BCUT2D eigenvalue weighted by Crippen LogP contribution is -2.31. The predicted molar refractivity (Wildman–Crippen MR) is 105 cm³/mol. The van der Waals surface area contributed by atoms with Gasteiger partial charge in [-0.05, 0) is 58.1 Å². The van der Waals surface area contributed by atoms with Crippen molar-refractivity contribution in [2.45, 2.75) is 12.6 Å². The molecular formula is C19H18N2O3S2. The average Bonchev–Trinajstić information content (AvgIpc) is 3.39. The number of benzene rings is 1. The van der Waals surface area contributed by atoms with E-state index in [2.05, 4.69) is 21.9 Å². The fourth-order valence-corrected chi connectivity index (χ4v) is 4.08. The van der Waals surface area contributed by atoms with Gasteiger partial charge in [-0.1, -0.05) is 5.16 Å². The van der Waals surface area contributed by atoms with E-state index in [0.29, 0.717) is 6.54 Å². The molecule has 1 aromatic carbocycles. The van der Waals surface area contributed by atoms with Crippen molar-refractivity contribution in [2.24, 2.45) is 0 Å². The Morgan fingerprint density at radius 3 is 2.85 bits per heavy atom. The molecule has 2 N–H and O–H groups in total. The van der Waals surface area contributed by atoms with Crippen LogP contribution >= 0.6 is 22.7 Å². The molecule has 0 amide bonds. The number of thiophene rings is 2. The van der Waals surface area contributed by atoms with E-state index in [-0.39, 0.29) is 6.61 Å². The third kappa shape index (κ3) is 3.96. The minimum atomic E-state index is -0.561. The van der Waals surface area contributed by atoms with Crippen LogP contribution in [0.15, 0.2) is 57.1 Å². The van der Waals surface area contributed by atoms with Crippen LogP contribution in [-0.4, -0.2) is 29.5 Å². The molecule has 4 rings (SSSR count). The molecule has 0 fully saturated rings. The van der Waals surface area contributed by atoms with Crippen molar-refractivity contribution in [3.8, 4) is 17.0 Å². The number of fused-ring (bicyclic) bond motifs is 1. The molecule has 0 aliphatic heterocycles. The highest BCUT2D eigenvalue weighted by molar-refractivity contribution is 7.17. The fourth-order valence-electron chi connectivity index (χ4n) is 2.60. The Labute approximate surface area is 158 Å². The minimum absolute atomic E-state index is 0.245. The highest BCUT2D eigenvalue weighted by atomic mass is 32.1. The van der Waals surface area contributed by atoms with Gasteiger partial charge in [-0.15, -0.1) is 11.3 Å². The molecule has 0 saturated carbocycles. The van der Waals surface area contributed by atoms with E-state index in [0.717, 1.165) is 33.8 Å². The standard InChI is InChI=1S/C19H18N2O3S2/c22-15(10-20-9-13-5-7-25-12-13)11-23-16-3-1-14(2-4-16)18-19-17(24-21-18)6-8-26-19/h1-8,12,15,20,22H,9-11H2/t15-/m1/s1. The number of hydrogen-bond acceptors (Lipinski definition) is 7. The van der Waals surface area contributed by atoms with Crippen LogP contribution < -0.4 is 10.1 Å². The van der Waals surface area contributed by atoms with Gasteiger partial charge in [0.1, 0.15) is 28.9 Å². The molecule has 3 aromatic heterocycles. The van der Waals surface area contributed by atoms with Crippen LogP contribution in [0.2, 0.25) is 0 Å². The van der Waals surface area contributed by atoms with Crippen molar-refractivity contribution in [2.75, 3.05) is 13.2 Å². The summed E-state index contributed by atoms with van der Waals surface area (Å²) in [7, 11) is 0. The topological polar surface area (TPSA) is 67.5 Å².